The molecule has 0 aromatic carbocycles. The van der Waals surface area contributed by atoms with Crippen molar-refractivity contribution in [3.63, 3.8) is 0 Å². The molecular formula is C13H22N2O5. The fourth-order valence-corrected chi connectivity index (χ4v) is 2.29. The van der Waals surface area contributed by atoms with Crippen LogP contribution in [0.5, 0.6) is 0 Å². The van der Waals surface area contributed by atoms with Gasteiger partial charge in [-0.05, 0) is 18.8 Å². The van der Waals surface area contributed by atoms with Crippen LogP contribution in [0.3, 0.4) is 0 Å². The molecular weight excluding hydrogens is 264 g/mol. The molecule has 1 saturated carbocycles. The summed E-state index contributed by atoms with van der Waals surface area (Å²) in [5.41, 5.74) is 5.31. The Morgan fingerprint density at radius 2 is 2.20 bits per heavy atom. The molecule has 0 aromatic rings. The fourth-order valence-electron chi connectivity index (χ4n) is 2.29. The number of hydrogen-bond acceptors (Lipinski definition) is 5. The van der Waals surface area contributed by atoms with Gasteiger partial charge in [-0.3, -0.25) is 14.4 Å². The maximum Gasteiger partial charge on any atom is 0.246 e. The van der Waals surface area contributed by atoms with Crippen LogP contribution in [0.25, 0.3) is 0 Å². The molecule has 0 aromatic heterocycles. The van der Waals surface area contributed by atoms with Gasteiger partial charge in [0.1, 0.15) is 18.4 Å². The molecule has 3 N–H and O–H groups in total. The monoisotopic (exact) mass is 286 g/mol. The molecule has 114 valence electrons. The van der Waals surface area contributed by atoms with Crippen LogP contribution in [-0.2, 0) is 23.9 Å². The van der Waals surface area contributed by atoms with Crippen LogP contribution >= 0.6 is 0 Å². The van der Waals surface area contributed by atoms with Crippen molar-refractivity contribution >= 4 is 17.6 Å². The first kappa shape index (κ1) is 16.6. The lowest BCUT2D eigenvalue weighted by atomic mass is 9.83. The van der Waals surface area contributed by atoms with Gasteiger partial charge in [-0.25, -0.2) is 0 Å². The molecule has 0 bridgehead atoms. The lowest BCUT2D eigenvalue weighted by Gasteiger charge is -2.28. The maximum absolute atomic E-state index is 11.7. The van der Waals surface area contributed by atoms with Crippen molar-refractivity contribution < 1.29 is 23.9 Å². The van der Waals surface area contributed by atoms with Gasteiger partial charge in [0.25, 0.3) is 0 Å². The zero-order valence-corrected chi connectivity index (χ0v) is 11.7. The number of primary amides is 1. The summed E-state index contributed by atoms with van der Waals surface area (Å²) in [6.07, 6.45) is 2.27. The standard InChI is InChI=1S/C13H22N2O5/c1-19-5-6-20-8-11(17)15-12(13(14)18)9-3-2-4-10(16)7-9/h9,12H,2-8H2,1H3,(H2,14,18)(H,15,17)/t9-,12+/m1/s1. The Bertz CT molecular complexity index is 359. The van der Waals surface area contributed by atoms with E-state index in [0.717, 1.165) is 6.42 Å². The van der Waals surface area contributed by atoms with Crippen molar-refractivity contribution in [3.8, 4) is 0 Å². The maximum atomic E-state index is 11.7. The van der Waals surface area contributed by atoms with Crippen molar-refractivity contribution in [1.82, 2.24) is 5.32 Å². The molecule has 7 nitrogen and oxygen atoms in total. The van der Waals surface area contributed by atoms with Gasteiger partial charge in [0.05, 0.1) is 13.2 Å². The lowest BCUT2D eigenvalue weighted by molar-refractivity contribution is -0.133. The third-order valence-electron chi connectivity index (χ3n) is 3.28. The van der Waals surface area contributed by atoms with Crippen molar-refractivity contribution in [3.05, 3.63) is 0 Å². The van der Waals surface area contributed by atoms with Gasteiger partial charge < -0.3 is 20.5 Å². The van der Waals surface area contributed by atoms with Crippen LogP contribution in [0.15, 0.2) is 0 Å². The third-order valence-corrected chi connectivity index (χ3v) is 3.28. The third kappa shape index (κ3) is 5.66. The lowest BCUT2D eigenvalue weighted by Crippen LogP contribution is -2.51. The average Bonchev–Trinajstić information content (AvgIpc) is 2.40. The van der Waals surface area contributed by atoms with E-state index in [-0.39, 0.29) is 18.3 Å². The summed E-state index contributed by atoms with van der Waals surface area (Å²) >= 11 is 0. The summed E-state index contributed by atoms with van der Waals surface area (Å²) in [6, 6.07) is -0.808. The molecule has 2 atom stereocenters. The first-order valence-electron chi connectivity index (χ1n) is 6.71. The van der Waals surface area contributed by atoms with E-state index in [1.165, 1.54) is 7.11 Å². The number of amides is 2. The van der Waals surface area contributed by atoms with Gasteiger partial charge in [-0.15, -0.1) is 0 Å². The molecule has 0 spiro atoms. The highest BCUT2D eigenvalue weighted by molar-refractivity contribution is 5.88. The number of nitrogens with one attached hydrogen (secondary N) is 1. The van der Waals surface area contributed by atoms with E-state index in [9.17, 15) is 14.4 Å². The smallest absolute Gasteiger partial charge is 0.246 e. The summed E-state index contributed by atoms with van der Waals surface area (Å²) in [7, 11) is 1.53. The second-order valence-corrected chi connectivity index (χ2v) is 4.89. The number of ether oxygens (including phenoxy) is 2. The van der Waals surface area contributed by atoms with Crippen LogP contribution in [0.2, 0.25) is 0 Å². The molecule has 0 saturated heterocycles. The number of ketones is 1. The van der Waals surface area contributed by atoms with Gasteiger partial charge in [0, 0.05) is 20.0 Å². The summed E-state index contributed by atoms with van der Waals surface area (Å²) < 4.78 is 9.85. The van der Waals surface area contributed by atoms with Gasteiger partial charge in [0.2, 0.25) is 11.8 Å². The van der Waals surface area contributed by atoms with E-state index < -0.39 is 17.9 Å². The Kier molecular flexibility index (Phi) is 7.17. The van der Waals surface area contributed by atoms with Crippen LogP contribution < -0.4 is 11.1 Å². The first-order valence-corrected chi connectivity index (χ1v) is 6.71. The highest BCUT2D eigenvalue weighted by Gasteiger charge is 2.31. The van der Waals surface area contributed by atoms with Crippen LogP contribution in [0, 0.1) is 5.92 Å². The first-order chi connectivity index (χ1) is 9.54. The van der Waals surface area contributed by atoms with Crippen LogP contribution in [0.1, 0.15) is 25.7 Å². The minimum atomic E-state index is -0.808. The second kappa shape index (κ2) is 8.65. The van der Waals surface area contributed by atoms with Gasteiger partial charge in [-0.1, -0.05) is 0 Å². The van der Waals surface area contributed by atoms with Gasteiger partial charge in [-0.2, -0.15) is 0 Å². The molecule has 1 fully saturated rings. The molecule has 20 heavy (non-hydrogen) atoms. The predicted molar refractivity (Wildman–Crippen MR) is 70.8 cm³/mol. The molecule has 0 unspecified atom stereocenters. The largest absolute Gasteiger partial charge is 0.382 e. The van der Waals surface area contributed by atoms with E-state index in [1.807, 2.05) is 0 Å². The molecule has 1 rings (SSSR count). The van der Waals surface area contributed by atoms with E-state index in [1.54, 1.807) is 0 Å². The Morgan fingerprint density at radius 3 is 2.80 bits per heavy atom. The van der Waals surface area contributed by atoms with E-state index in [4.69, 9.17) is 15.2 Å². The second-order valence-electron chi connectivity index (χ2n) is 4.89. The molecule has 2 amide bonds. The molecule has 1 aliphatic rings. The summed E-state index contributed by atoms with van der Waals surface area (Å²) in [5, 5.41) is 2.55. The predicted octanol–water partition coefficient (Wildman–Crippen LogP) is -0.621. The average molecular weight is 286 g/mol. The van der Waals surface area contributed by atoms with Crippen molar-refractivity contribution in [2.75, 3.05) is 26.9 Å². The Hall–Kier alpha value is -1.47. The SMILES string of the molecule is COCCOCC(=O)N[C@H](C(N)=O)[C@@H]1CCCC(=O)C1. The fraction of sp³-hybridized carbons (Fsp3) is 0.769. The topological polar surface area (TPSA) is 108 Å². The summed E-state index contributed by atoms with van der Waals surface area (Å²) in [5.74, 6) is -1.13. The van der Waals surface area contributed by atoms with Crippen molar-refractivity contribution in [2.24, 2.45) is 11.7 Å². The number of methoxy groups -OCH3 is 1. The molecule has 7 heteroatoms. The summed E-state index contributed by atoms with van der Waals surface area (Å²) in [4.78, 5) is 34.6. The minimum absolute atomic E-state index is 0.109. The molecule has 0 aliphatic heterocycles. The van der Waals surface area contributed by atoms with E-state index >= 15 is 0 Å². The minimum Gasteiger partial charge on any atom is -0.382 e. The summed E-state index contributed by atoms with van der Waals surface area (Å²) in [6.45, 7) is 0.532. The van der Waals surface area contributed by atoms with Gasteiger partial charge >= 0.3 is 0 Å². The van der Waals surface area contributed by atoms with Gasteiger partial charge in [0.15, 0.2) is 0 Å². The molecule has 1 aliphatic carbocycles. The highest BCUT2D eigenvalue weighted by atomic mass is 16.5. The van der Waals surface area contributed by atoms with E-state index in [0.29, 0.717) is 32.5 Å². The molecule has 0 radical (unpaired) electrons. The number of nitrogens with two attached hydrogens (primary N) is 1. The van der Waals surface area contributed by atoms with Crippen molar-refractivity contribution in [2.45, 2.75) is 31.7 Å². The Balaban J connectivity index is 2.44. The molecule has 0 heterocycles. The van der Waals surface area contributed by atoms with Crippen molar-refractivity contribution in [1.29, 1.82) is 0 Å². The quantitative estimate of drug-likeness (QED) is 0.578. The van der Waals surface area contributed by atoms with Crippen LogP contribution in [-0.4, -0.2) is 50.6 Å². The number of carbonyl (C=O) groups is 3. The number of carbonyl (C=O) groups excluding carboxylic acids is 3. The highest BCUT2D eigenvalue weighted by Crippen LogP contribution is 2.24. The Labute approximate surface area is 118 Å². The zero-order chi connectivity index (χ0) is 15.0. The number of Topliss-reactive ketones (excluding diaryl/α,β-unsaturated/α-hetero) is 1. The van der Waals surface area contributed by atoms with Crippen LogP contribution in [0.4, 0.5) is 0 Å². The Morgan fingerprint density at radius 1 is 1.45 bits per heavy atom. The zero-order valence-electron chi connectivity index (χ0n) is 11.7. The van der Waals surface area contributed by atoms with E-state index in [2.05, 4.69) is 5.32 Å². The number of rotatable bonds is 8. The normalized spacial score (nSPS) is 20.4. The number of hydrogen-bond donors (Lipinski definition) is 2.